The first-order chi connectivity index (χ1) is 11.7. The molecule has 0 radical (unpaired) electrons. The SMILES string of the molecule is CN(Cc1ccccc1-c1ccccc1)C(=O)CC1COCCN1.Cl. The van der Waals surface area contributed by atoms with E-state index in [1.165, 1.54) is 11.1 Å². The molecule has 1 heterocycles. The molecule has 5 heteroatoms. The maximum absolute atomic E-state index is 12.5. The largest absolute Gasteiger partial charge is 0.378 e. The normalized spacial score (nSPS) is 16.8. The second kappa shape index (κ2) is 9.56. The predicted molar refractivity (Wildman–Crippen MR) is 103 cm³/mol. The van der Waals surface area contributed by atoms with E-state index in [-0.39, 0.29) is 24.4 Å². The average Bonchev–Trinajstić information content (AvgIpc) is 2.63. The molecule has 4 nitrogen and oxygen atoms in total. The van der Waals surface area contributed by atoms with E-state index < -0.39 is 0 Å². The summed E-state index contributed by atoms with van der Waals surface area (Å²) in [5.74, 6) is 0.140. The molecule has 2 aromatic rings. The van der Waals surface area contributed by atoms with Gasteiger partial charge in [0.15, 0.2) is 0 Å². The van der Waals surface area contributed by atoms with Crippen LogP contribution >= 0.6 is 12.4 Å². The van der Waals surface area contributed by atoms with Gasteiger partial charge in [0, 0.05) is 32.6 Å². The molecule has 1 unspecified atom stereocenters. The minimum absolute atomic E-state index is 0. The first-order valence-electron chi connectivity index (χ1n) is 8.42. The summed E-state index contributed by atoms with van der Waals surface area (Å²) in [6.45, 7) is 2.77. The van der Waals surface area contributed by atoms with Crippen molar-refractivity contribution >= 4 is 18.3 Å². The van der Waals surface area contributed by atoms with Gasteiger partial charge in [-0.15, -0.1) is 12.4 Å². The third-order valence-corrected chi connectivity index (χ3v) is 4.35. The summed E-state index contributed by atoms with van der Waals surface area (Å²) in [4.78, 5) is 14.3. The number of hydrogen-bond donors (Lipinski definition) is 1. The van der Waals surface area contributed by atoms with Gasteiger partial charge in [0.25, 0.3) is 0 Å². The van der Waals surface area contributed by atoms with Gasteiger partial charge in [0.05, 0.1) is 13.2 Å². The van der Waals surface area contributed by atoms with Gasteiger partial charge in [0.1, 0.15) is 0 Å². The summed E-state index contributed by atoms with van der Waals surface area (Å²) in [6, 6.07) is 18.7. The Kier molecular flexibility index (Phi) is 7.44. The standard InChI is InChI=1S/C20H24N2O2.ClH/c1-22(20(23)13-18-15-24-12-11-21-18)14-17-9-5-6-10-19(17)16-7-3-2-4-8-16;/h2-10,18,21H,11-15H2,1H3;1H. The van der Waals surface area contributed by atoms with E-state index in [1.54, 1.807) is 4.90 Å². The van der Waals surface area contributed by atoms with Gasteiger partial charge in [0.2, 0.25) is 5.91 Å². The van der Waals surface area contributed by atoms with Crippen LogP contribution in [-0.2, 0) is 16.1 Å². The van der Waals surface area contributed by atoms with Crippen LogP contribution < -0.4 is 5.32 Å². The topological polar surface area (TPSA) is 41.6 Å². The number of benzene rings is 2. The second-order valence-corrected chi connectivity index (χ2v) is 6.20. The van der Waals surface area contributed by atoms with Crippen molar-refractivity contribution < 1.29 is 9.53 Å². The number of morpholine rings is 1. The van der Waals surface area contributed by atoms with Crippen molar-refractivity contribution in [3.63, 3.8) is 0 Å². The van der Waals surface area contributed by atoms with Crippen molar-refractivity contribution in [3.8, 4) is 11.1 Å². The summed E-state index contributed by atoms with van der Waals surface area (Å²) in [5.41, 5.74) is 3.51. The molecule has 134 valence electrons. The number of ether oxygens (including phenoxy) is 1. The first kappa shape index (κ1) is 19.4. The summed E-state index contributed by atoms with van der Waals surface area (Å²) in [6.07, 6.45) is 0.476. The van der Waals surface area contributed by atoms with Crippen molar-refractivity contribution in [2.45, 2.75) is 19.0 Å². The minimum atomic E-state index is 0. The molecular formula is C20H25ClN2O2. The monoisotopic (exact) mass is 360 g/mol. The molecule has 1 saturated heterocycles. The van der Waals surface area contributed by atoms with Gasteiger partial charge in [-0.2, -0.15) is 0 Å². The number of nitrogens with zero attached hydrogens (tertiary/aromatic N) is 1. The Morgan fingerprint density at radius 3 is 2.60 bits per heavy atom. The van der Waals surface area contributed by atoms with Crippen LogP contribution in [0.25, 0.3) is 11.1 Å². The van der Waals surface area contributed by atoms with E-state index in [1.807, 2.05) is 37.4 Å². The van der Waals surface area contributed by atoms with Crippen LogP contribution in [0, 0.1) is 0 Å². The van der Waals surface area contributed by atoms with Crippen LogP contribution in [-0.4, -0.2) is 43.7 Å². The molecule has 1 fully saturated rings. The molecule has 0 aliphatic carbocycles. The molecule has 0 aromatic heterocycles. The molecule has 0 saturated carbocycles. The third-order valence-electron chi connectivity index (χ3n) is 4.35. The fourth-order valence-corrected chi connectivity index (χ4v) is 3.02. The molecule has 1 aliphatic heterocycles. The van der Waals surface area contributed by atoms with Gasteiger partial charge in [-0.1, -0.05) is 54.6 Å². The zero-order chi connectivity index (χ0) is 16.8. The Labute approximate surface area is 155 Å². The van der Waals surface area contributed by atoms with Gasteiger partial charge >= 0.3 is 0 Å². The van der Waals surface area contributed by atoms with Crippen molar-refractivity contribution in [2.75, 3.05) is 26.8 Å². The fourth-order valence-electron chi connectivity index (χ4n) is 3.02. The minimum Gasteiger partial charge on any atom is -0.378 e. The highest BCUT2D eigenvalue weighted by atomic mass is 35.5. The van der Waals surface area contributed by atoms with E-state index in [0.29, 0.717) is 19.6 Å². The number of amides is 1. The van der Waals surface area contributed by atoms with Crippen LogP contribution in [0.5, 0.6) is 0 Å². The zero-order valence-electron chi connectivity index (χ0n) is 14.5. The lowest BCUT2D eigenvalue weighted by atomic mass is 9.99. The van der Waals surface area contributed by atoms with E-state index in [9.17, 15) is 4.79 Å². The molecule has 1 amide bonds. The van der Waals surface area contributed by atoms with E-state index in [2.05, 4.69) is 29.6 Å². The predicted octanol–water partition coefficient (Wildman–Crippen LogP) is 3.11. The number of rotatable bonds is 5. The Morgan fingerprint density at radius 2 is 1.88 bits per heavy atom. The van der Waals surface area contributed by atoms with Crippen LogP contribution in [0.3, 0.4) is 0 Å². The van der Waals surface area contributed by atoms with Crippen LogP contribution in [0.2, 0.25) is 0 Å². The Balaban J connectivity index is 0.00000225. The lowest BCUT2D eigenvalue weighted by molar-refractivity contribution is -0.131. The molecule has 0 bridgehead atoms. The molecule has 3 rings (SSSR count). The maximum Gasteiger partial charge on any atom is 0.224 e. The van der Waals surface area contributed by atoms with Crippen molar-refractivity contribution in [1.82, 2.24) is 10.2 Å². The van der Waals surface area contributed by atoms with E-state index in [0.717, 1.165) is 18.7 Å². The zero-order valence-corrected chi connectivity index (χ0v) is 15.3. The van der Waals surface area contributed by atoms with Crippen LogP contribution in [0.15, 0.2) is 54.6 Å². The highest BCUT2D eigenvalue weighted by Gasteiger charge is 2.19. The number of carbonyl (C=O) groups excluding carboxylic acids is 1. The summed E-state index contributed by atoms with van der Waals surface area (Å²) >= 11 is 0. The highest BCUT2D eigenvalue weighted by Crippen LogP contribution is 2.24. The van der Waals surface area contributed by atoms with E-state index >= 15 is 0 Å². The van der Waals surface area contributed by atoms with Crippen molar-refractivity contribution in [2.24, 2.45) is 0 Å². The first-order valence-corrected chi connectivity index (χ1v) is 8.42. The molecule has 1 aliphatic rings. The Hall–Kier alpha value is -1.88. The number of carbonyl (C=O) groups is 1. The summed E-state index contributed by atoms with van der Waals surface area (Å²) < 4.78 is 5.42. The lowest BCUT2D eigenvalue weighted by Gasteiger charge is -2.26. The number of nitrogens with one attached hydrogen (secondary N) is 1. The molecule has 0 spiro atoms. The lowest BCUT2D eigenvalue weighted by Crippen LogP contribution is -2.44. The van der Waals surface area contributed by atoms with Crippen molar-refractivity contribution in [1.29, 1.82) is 0 Å². The third kappa shape index (κ3) is 5.30. The fraction of sp³-hybridized carbons (Fsp3) is 0.350. The molecule has 1 atom stereocenters. The summed E-state index contributed by atoms with van der Waals surface area (Å²) in [7, 11) is 1.87. The molecule has 25 heavy (non-hydrogen) atoms. The second-order valence-electron chi connectivity index (χ2n) is 6.20. The average molecular weight is 361 g/mol. The highest BCUT2D eigenvalue weighted by molar-refractivity contribution is 5.85. The van der Waals surface area contributed by atoms with Crippen LogP contribution in [0.4, 0.5) is 0 Å². The smallest absolute Gasteiger partial charge is 0.224 e. The Bertz CT molecular complexity index is 672. The van der Waals surface area contributed by atoms with Crippen molar-refractivity contribution in [3.05, 3.63) is 60.2 Å². The number of hydrogen-bond acceptors (Lipinski definition) is 3. The molecule has 1 N–H and O–H groups in total. The summed E-state index contributed by atoms with van der Waals surface area (Å²) in [5, 5.41) is 3.33. The van der Waals surface area contributed by atoms with Gasteiger partial charge in [-0.05, 0) is 16.7 Å². The molecular weight excluding hydrogens is 336 g/mol. The van der Waals surface area contributed by atoms with Gasteiger partial charge in [-0.25, -0.2) is 0 Å². The molecule has 2 aromatic carbocycles. The van der Waals surface area contributed by atoms with Gasteiger partial charge in [-0.3, -0.25) is 4.79 Å². The quantitative estimate of drug-likeness (QED) is 0.890. The van der Waals surface area contributed by atoms with Gasteiger partial charge < -0.3 is 15.0 Å². The van der Waals surface area contributed by atoms with Crippen LogP contribution in [0.1, 0.15) is 12.0 Å². The number of halogens is 1. The maximum atomic E-state index is 12.5. The van der Waals surface area contributed by atoms with E-state index in [4.69, 9.17) is 4.74 Å². The Morgan fingerprint density at radius 1 is 1.16 bits per heavy atom.